The van der Waals surface area contributed by atoms with E-state index >= 15 is 0 Å². The maximum Gasteiger partial charge on any atom is 0.307 e. The van der Waals surface area contributed by atoms with Crippen LogP contribution in [-0.2, 0) is 30.8 Å². The topological polar surface area (TPSA) is 119 Å². The van der Waals surface area contributed by atoms with E-state index in [2.05, 4.69) is 10.0 Å². The number of Topliss-reactive ketones (excluding diaryl/α,β-unsaturated/α-hetero) is 1. The summed E-state index contributed by atoms with van der Waals surface area (Å²) < 4.78 is 31.8. The van der Waals surface area contributed by atoms with Crippen molar-refractivity contribution in [3.8, 4) is 0 Å². The summed E-state index contributed by atoms with van der Waals surface area (Å²) in [5.74, 6) is -1.24. The first-order valence-corrected chi connectivity index (χ1v) is 11.9. The highest BCUT2D eigenvalue weighted by atomic mass is 32.2. The Morgan fingerprint density at radius 1 is 1.06 bits per heavy atom. The number of fused-ring (bicyclic) bond motifs is 1. The number of carbonyl (C=O) groups is 3. The Hall–Kier alpha value is -3.04. The van der Waals surface area contributed by atoms with Crippen molar-refractivity contribution in [1.29, 1.82) is 0 Å². The minimum atomic E-state index is -3.83. The van der Waals surface area contributed by atoms with E-state index in [4.69, 9.17) is 4.74 Å². The number of hydrogen-bond acceptors (Lipinski definition) is 6. The molecule has 32 heavy (non-hydrogen) atoms. The van der Waals surface area contributed by atoms with Gasteiger partial charge in [-0.1, -0.05) is 36.4 Å². The van der Waals surface area contributed by atoms with E-state index in [9.17, 15) is 22.8 Å². The van der Waals surface area contributed by atoms with E-state index in [0.717, 1.165) is 24.8 Å². The highest BCUT2D eigenvalue weighted by molar-refractivity contribution is 7.89. The van der Waals surface area contributed by atoms with Gasteiger partial charge in [-0.25, -0.2) is 13.1 Å². The Bertz CT molecular complexity index is 1100. The van der Waals surface area contributed by atoms with E-state index in [-0.39, 0.29) is 29.7 Å². The van der Waals surface area contributed by atoms with Gasteiger partial charge in [0.25, 0.3) is 5.91 Å². The molecule has 0 saturated heterocycles. The maximum atomic E-state index is 12.3. The lowest BCUT2D eigenvalue weighted by Gasteiger charge is -2.26. The van der Waals surface area contributed by atoms with Crippen molar-refractivity contribution in [2.75, 3.05) is 13.2 Å². The van der Waals surface area contributed by atoms with Gasteiger partial charge in [-0.2, -0.15) is 0 Å². The Morgan fingerprint density at radius 2 is 1.78 bits per heavy atom. The van der Waals surface area contributed by atoms with Crippen LogP contribution >= 0.6 is 0 Å². The van der Waals surface area contributed by atoms with Crippen molar-refractivity contribution in [1.82, 2.24) is 10.0 Å². The molecule has 0 spiro atoms. The molecule has 9 heteroatoms. The number of amides is 1. The summed E-state index contributed by atoms with van der Waals surface area (Å²) in [6, 6.07) is 13.3. The molecule has 1 aliphatic rings. The molecule has 2 N–H and O–H groups in total. The van der Waals surface area contributed by atoms with Gasteiger partial charge in [-0.15, -0.1) is 0 Å². The van der Waals surface area contributed by atoms with Gasteiger partial charge in [0.2, 0.25) is 10.0 Å². The van der Waals surface area contributed by atoms with Crippen molar-refractivity contribution in [2.24, 2.45) is 0 Å². The third-order valence-corrected chi connectivity index (χ3v) is 6.74. The number of nitrogens with one attached hydrogen (secondary N) is 2. The molecule has 2 aromatic carbocycles. The van der Waals surface area contributed by atoms with Crippen LogP contribution in [0.15, 0.2) is 53.4 Å². The summed E-state index contributed by atoms with van der Waals surface area (Å²) in [6.07, 6.45) is 2.56. The standard InChI is InChI=1S/C23H26N2O6S/c1-16(26)17-9-11-19(12-10-17)32(29,30)24-14-13-23(28)31-15-22(27)25-21-8-4-6-18-5-2-3-7-20(18)21/h2-3,5,7,9-12,21,24H,4,6,8,13-15H2,1H3,(H,25,27). The van der Waals surface area contributed by atoms with Crippen LogP contribution in [0, 0.1) is 0 Å². The molecule has 0 bridgehead atoms. The van der Waals surface area contributed by atoms with Crippen molar-refractivity contribution in [3.05, 3.63) is 65.2 Å². The number of aryl methyl sites for hydroxylation is 1. The predicted octanol–water partition coefficient (Wildman–Crippen LogP) is 2.29. The lowest BCUT2D eigenvalue weighted by Crippen LogP contribution is -2.34. The normalized spacial score (nSPS) is 15.5. The Labute approximate surface area is 187 Å². The zero-order valence-corrected chi connectivity index (χ0v) is 18.6. The highest BCUT2D eigenvalue weighted by Gasteiger charge is 2.22. The minimum Gasteiger partial charge on any atom is -0.456 e. The molecule has 0 aliphatic heterocycles. The fourth-order valence-corrected chi connectivity index (χ4v) is 4.63. The second-order valence-corrected chi connectivity index (χ2v) is 9.37. The van der Waals surface area contributed by atoms with Crippen molar-refractivity contribution < 1.29 is 27.5 Å². The maximum absolute atomic E-state index is 12.3. The number of esters is 1. The second-order valence-electron chi connectivity index (χ2n) is 7.60. The van der Waals surface area contributed by atoms with Crippen LogP contribution in [0.5, 0.6) is 0 Å². The number of sulfonamides is 1. The average Bonchev–Trinajstić information content (AvgIpc) is 2.78. The van der Waals surface area contributed by atoms with Crippen molar-refractivity contribution >= 4 is 27.7 Å². The second kappa shape index (κ2) is 10.5. The number of benzene rings is 2. The quantitative estimate of drug-likeness (QED) is 0.440. The SMILES string of the molecule is CC(=O)c1ccc(S(=O)(=O)NCCC(=O)OCC(=O)NC2CCCc3ccccc32)cc1. The van der Waals surface area contributed by atoms with Crippen molar-refractivity contribution in [3.63, 3.8) is 0 Å². The van der Waals surface area contributed by atoms with Gasteiger partial charge >= 0.3 is 5.97 Å². The van der Waals surface area contributed by atoms with Crippen LogP contribution in [0.4, 0.5) is 0 Å². The minimum absolute atomic E-state index is 0.0111. The van der Waals surface area contributed by atoms with E-state index < -0.39 is 28.5 Å². The molecule has 0 aromatic heterocycles. The predicted molar refractivity (Wildman–Crippen MR) is 117 cm³/mol. The molecular weight excluding hydrogens is 432 g/mol. The molecular formula is C23H26N2O6S. The first kappa shape index (κ1) is 23.6. The fraction of sp³-hybridized carbons (Fsp3) is 0.348. The third-order valence-electron chi connectivity index (χ3n) is 5.26. The molecule has 1 amide bonds. The molecule has 1 aliphatic carbocycles. The molecule has 3 rings (SSSR count). The Kier molecular flexibility index (Phi) is 7.76. The molecule has 0 heterocycles. The van der Waals surface area contributed by atoms with Gasteiger partial charge < -0.3 is 10.1 Å². The van der Waals surface area contributed by atoms with Gasteiger partial charge in [-0.05, 0) is 49.4 Å². The van der Waals surface area contributed by atoms with E-state index in [0.29, 0.717) is 5.56 Å². The largest absolute Gasteiger partial charge is 0.456 e. The molecule has 0 radical (unpaired) electrons. The van der Waals surface area contributed by atoms with E-state index in [1.54, 1.807) is 0 Å². The summed E-state index contributed by atoms with van der Waals surface area (Å²) in [5, 5.41) is 2.89. The number of hydrogen-bond donors (Lipinski definition) is 2. The van der Waals surface area contributed by atoms with Gasteiger partial charge in [0, 0.05) is 12.1 Å². The summed E-state index contributed by atoms with van der Waals surface area (Å²) in [4.78, 5) is 35.4. The van der Waals surface area contributed by atoms with Gasteiger partial charge in [0.1, 0.15) is 0 Å². The molecule has 2 aromatic rings. The van der Waals surface area contributed by atoms with Gasteiger partial charge in [0.05, 0.1) is 17.4 Å². The van der Waals surface area contributed by atoms with Crippen LogP contribution in [-0.4, -0.2) is 39.2 Å². The average molecular weight is 459 g/mol. The number of ketones is 1. The van der Waals surface area contributed by atoms with Crippen LogP contribution in [0.3, 0.4) is 0 Å². The van der Waals surface area contributed by atoms with E-state index in [1.165, 1.54) is 36.8 Å². The van der Waals surface area contributed by atoms with Crippen molar-refractivity contribution in [2.45, 2.75) is 43.5 Å². The number of rotatable bonds is 9. The summed E-state index contributed by atoms with van der Waals surface area (Å²) in [5.41, 5.74) is 2.70. The first-order valence-electron chi connectivity index (χ1n) is 10.4. The van der Waals surface area contributed by atoms with Crippen LogP contribution in [0.2, 0.25) is 0 Å². The Morgan fingerprint density at radius 3 is 2.50 bits per heavy atom. The fourth-order valence-electron chi connectivity index (χ4n) is 3.60. The Balaban J connectivity index is 1.41. The lowest BCUT2D eigenvalue weighted by atomic mass is 9.88. The molecule has 1 unspecified atom stereocenters. The highest BCUT2D eigenvalue weighted by Crippen LogP contribution is 2.29. The number of carbonyl (C=O) groups excluding carboxylic acids is 3. The zero-order chi connectivity index (χ0) is 23.1. The molecule has 8 nitrogen and oxygen atoms in total. The van der Waals surface area contributed by atoms with Crippen LogP contribution in [0.1, 0.15) is 53.7 Å². The lowest BCUT2D eigenvalue weighted by molar-refractivity contribution is -0.148. The smallest absolute Gasteiger partial charge is 0.307 e. The number of ether oxygens (including phenoxy) is 1. The molecule has 170 valence electrons. The summed E-state index contributed by atoms with van der Waals surface area (Å²) in [6.45, 7) is 0.797. The van der Waals surface area contributed by atoms with Crippen LogP contribution in [0.25, 0.3) is 0 Å². The van der Waals surface area contributed by atoms with Gasteiger partial charge in [-0.3, -0.25) is 14.4 Å². The summed E-state index contributed by atoms with van der Waals surface area (Å²) >= 11 is 0. The van der Waals surface area contributed by atoms with E-state index in [1.807, 2.05) is 24.3 Å². The zero-order valence-electron chi connectivity index (χ0n) is 17.8. The summed E-state index contributed by atoms with van der Waals surface area (Å²) in [7, 11) is -3.83. The van der Waals surface area contributed by atoms with Gasteiger partial charge in [0.15, 0.2) is 12.4 Å². The molecule has 0 saturated carbocycles. The first-order chi connectivity index (χ1) is 15.3. The molecule has 0 fully saturated rings. The molecule has 1 atom stereocenters. The third kappa shape index (κ3) is 6.24. The van der Waals surface area contributed by atoms with Crippen LogP contribution < -0.4 is 10.0 Å². The monoisotopic (exact) mass is 458 g/mol.